The van der Waals surface area contributed by atoms with Crippen LogP contribution in [0.25, 0.3) is 16.9 Å². The van der Waals surface area contributed by atoms with E-state index in [4.69, 9.17) is 9.72 Å². The maximum Gasteiger partial charge on any atom is 0.230 e. The molecule has 0 saturated heterocycles. The van der Waals surface area contributed by atoms with Crippen LogP contribution >= 0.6 is 0 Å². The third kappa shape index (κ3) is 6.10. The molecule has 4 aromatic rings. The Morgan fingerprint density at radius 2 is 1.74 bits per heavy atom. The summed E-state index contributed by atoms with van der Waals surface area (Å²) in [5.74, 6) is 0.749. The van der Waals surface area contributed by atoms with E-state index in [0.717, 1.165) is 52.6 Å². The second kappa shape index (κ2) is 11.2. The van der Waals surface area contributed by atoms with Crippen LogP contribution in [-0.4, -0.2) is 21.9 Å². The van der Waals surface area contributed by atoms with E-state index in [1.165, 1.54) is 30.4 Å². The number of aromatic nitrogens is 2. The number of pyridine rings is 1. The van der Waals surface area contributed by atoms with Crippen LogP contribution in [0.2, 0.25) is 0 Å². The molecule has 1 N–H and O–H groups in total. The highest BCUT2D eigenvalue weighted by atomic mass is 16.5. The number of carbonyl (C=O) groups excluding carboxylic acids is 1. The highest BCUT2D eigenvalue weighted by Crippen LogP contribution is 2.27. The number of amides is 1. The standard InChI is InChI=1S/C30H35N3O2/c1-5-6-7-8-17-35-26-13-11-25(12-14-26)31-29(34)20-27-30(24-10-9-22(3)23(4)19-24)32-28-18-21(2)15-16-33(27)28/h9-16,18-19H,5-8,17,20H2,1-4H3,(H,31,34). The molecule has 182 valence electrons. The molecule has 0 fully saturated rings. The zero-order valence-electron chi connectivity index (χ0n) is 21.2. The fraction of sp³-hybridized carbons (Fsp3) is 0.333. The molecule has 0 spiro atoms. The van der Waals surface area contributed by atoms with Crippen molar-refractivity contribution in [1.29, 1.82) is 0 Å². The Morgan fingerprint density at radius 1 is 0.943 bits per heavy atom. The molecular weight excluding hydrogens is 434 g/mol. The van der Waals surface area contributed by atoms with E-state index in [2.05, 4.69) is 51.2 Å². The van der Waals surface area contributed by atoms with Gasteiger partial charge in [0.15, 0.2) is 0 Å². The predicted octanol–water partition coefficient (Wildman–Crippen LogP) is 7.07. The quantitative estimate of drug-likeness (QED) is 0.253. The molecular formula is C30H35N3O2. The first kappa shape index (κ1) is 24.5. The van der Waals surface area contributed by atoms with Gasteiger partial charge in [0.25, 0.3) is 0 Å². The normalized spacial score (nSPS) is 11.1. The number of hydrogen-bond acceptors (Lipinski definition) is 3. The van der Waals surface area contributed by atoms with Gasteiger partial charge >= 0.3 is 0 Å². The molecule has 0 radical (unpaired) electrons. The summed E-state index contributed by atoms with van der Waals surface area (Å²) in [6, 6.07) is 18.0. The van der Waals surface area contributed by atoms with Crippen molar-refractivity contribution in [2.45, 2.75) is 59.8 Å². The van der Waals surface area contributed by atoms with Crippen LogP contribution in [0.15, 0.2) is 60.8 Å². The van der Waals surface area contributed by atoms with Crippen molar-refractivity contribution < 1.29 is 9.53 Å². The number of rotatable bonds is 10. The molecule has 5 heteroatoms. The van der Waals surface area contributed by atoms with Crippen LogP contribution in [0.1, 0.15) is 55.0 Å². The van der Waals surface area contributed by atoms with Crippen LogP contribution in [-0.2, 0) is 11.2 Å². The Hall–Kier alpha value is -3.60. The number of hydrogen-bond donors (Lipinski definition) is 1. The number of ether oxygens (including phenoxy) is 1. The lowest BCUT2D eigenvalue weighted by Crippen LogP contribution is -2.16. The average molecular weight is 470 g/mol. The summed E-state index contributed by atoms with van der Waals surface area (Å²) in [7, 11) is 0. The third-order valence-electron chi connectivity index (χ3n) is 6.39. The lowest BCUT2D eigenvalue weighted by atomic mass is 10.0. The molecule has 0 aliphatic carbocycles. The van der Waals surface area contributed by atoms with Crippen LogP contribution in [0, 0.1) is 20.8 Å². The molecule has 0 unspecified atom stereocenters. The number of aryl methyl sites for hydroxylation is 3. The smallest absolute Gasteiger partial charge is 0.230 e. The highest BCUT2D eigenvalue weighted by molar-refractivity contribution is 5.93. The van der Waals surface area contributed by atoms with E-state index < -0.39 is 0 Å². The lowest BCUT2D eigenvalue weighted by Gasteiger charge is -2.10. The number of fused-ring (bicyclic) bond motifs is 1. The van der Waals surface area contributed by atoms with Crippen molar-refractivity contribution in [1.82, 2.24) is 9.38 Å². The van der Waals surface area contributed by atoms with Gasteiger partial charge in [-0.15, -0.1) is 0 Å². The topological polar surface area (TPSA) is 55.6 Å². The van der Waals surface area contributed by atoms with E-state index in [1.807, 2.05) is 47.0 Å². The zero-order chi connectivity index (χ0) is 24.8. The minimum Gasteiger partial charge on any atom is -0.494 e. The largest absolute Gasteiger partial charge is 0.494 e. The molecule has 5 nitrogen and oxygen atoms in total. The summed E-state index contributed by atoms with van der Waals surface area (Å²) in [5, 5.41) is 3.03. The van der Waals surface area contributed by atoms with Gasteiger partial charge in [-0.1, -0.05) is 38.3 Å². The van der Waals surface area contributed by atoms with Crippen LogP contribution in [0.5, 0.6) is 5.75 Å². The first-order chi connectivity index (χ1) is 16.9. The van der Waals surface area contributed by atoms with Gasteiger partial charge in [-0.05, 0) is 86.3 Å². The molecule has 2 heterocycles. The molecule has 2 aromatic heterocycles. The zero-order valence-corrected chi connectivity index (χ0v) is 21.2. The molecule has 0 bridgehead atoms. The molecule has 2 aromatic carbocycles. The fourth-order valence-electron chi connectivity index (χ4n) is 4.20. The predicted molar refractivity (Wildman–Crippen MR) is 143 cm³/mol. The first-order valence-corrected chi connectivity index (χ1v) is 12.5. The SMILES string of the molecule is CCCCCCOc1ccc(NC(=O)Cc2c(-c3ccc(C)c(C)c3)nc3cc(C)ccn23)cc1. The number of unbranched alkanes of at least 4 members (excludes halogenated alkanes) is 3. The van der Waals surface area contributed by atoms with E-state index in [1.54, 1.807) is 0 Å². The lowest BCUT2D eigenvalue weighted by molar-refractivity contribution is -0.115. The molecule has 0 aliphatic heterocycles. The van der Waals surface area contributed by atoms with Crippen molar-refractivity contribution in [2.24, 2.45) is 0 Å². The Kier molecular flexibility index (Phi) is 7.86. The Morgan fingerprint density at radius 3 is 2.49 bits per heavy atom. The maximum atomic E-state index is 13.1. The van der Waals surface area contributed by atoms with Crippen LogP contribution in [0.4, 0.5) is 5.69 Å². The second-order valence-corrected chi connectivity index (χ2v) is 9.30. The van der Waals surface area contributed by atoms with Gasteiger partial charge in [-0.25, -0.2) is 4.98 Å². The average Bonchev–Trinajstić information content (AvgIpc) is 3.18. The first-order valence-electron chi connectivity index (χ1n) is 12.5. The van der Waals surface area contributed by atoms with Crippen molar-refractivity contribution in [3.63, 3.8) is 0 Å². The van der Waals surface area contributed by atoms with Crippen molar-refractivity contribution in [3.05, 3.63) is 83.2 Å². The molecule has 0 aliphatic rings. The minimum atomic E-state index is -0.0781. The number of benzene rings is 2. The molecule has 35 heavy (non-hydrogen) atoms. The molecule has 0 atom stereocenters. The van der Waals surface area contributed by atoms with Gasteiger partial charge in [0.05, 0.1) is 24.4 Å². The van der Waals surface area contributed by atoms with Gasteiger partial charge in [0, 0.05) is 17.4 Å². The van der Waals surface area contributed by atoms with Crippen LogP contribution in [0.3, 0.4) is 0 Å². The molecule has 0 saturated carbocycles. The van der Waals surface area contributed by atoms with Gasteiger partial charge in [0.1, 0.15) is 11.4 Å². The van der Waals surface area contributed by atoms with Gasteiger partial charge in [-0.3, -0.25) is 4.79 Å². The van der Waals surface area contributed by atoms with Gasteiger partial charge in [-0.2, -0.15) is 0 Å². The monoisotopic (exact) mass is 469 g/mol. The number of carbonyl (C=O) groups is 1. The van der Waals surface area contributed by atoms with Crippen LogP contribution < -0.4 is 10.1 Å². The maximum absolute atomic E-state index is 13.1. The summed E-state index contributed by atoms with van der Waals surface area (Å²) in [6.07, 6.45) is 6.94. The minimum absolute atomic E-state index is 0.0781. The number of nitrogens with one attached hydrogen (secondary N) is 1. The number of imidazole rings is 1. The van der Waals surface area contributed by atoms with Crippen molar-refractivity contribution >= 4 is 17.2 Å². The van der Waals surface area contributed by atoms with Gasteiger partial charge in [0.2, 0.25) is 5.91 Å². The summed E-state index contributed by atoms with van der Waals surface area (Å²) in [5.41, 5.74) is 7.94. The molecule has 1 amide bonds. The third-order valence-corrected chi connectivity index (χ3v) is 6.39. The number of nitrogens with zero attached hydrogens (tertiary/aromatic N) is 2. The van der Waals surface area contributed by atoms with E-state index in [0.29, 0.717) is 0 Å². The second-order valence-electron chi connectivity index (χ2n) is 9.30. The highest BCUT2D eigenvalue weighted by Gasteiger charge is 2.18. The van der Waals surface area contributed by atoms with Gasteiger partial charge < -0.3 is 14.5 Å². The van der Waals surface area contributed by atoms with E-state index in [9.17, 15) is 4.79 Å². The summed E-state index contributed by atoms with van der Waals surface area (Å²) in [4.78, 5) is 18.0. The Balaban J connectivity index is 1.50. The van der Waals surface area contributed by atoms with Crippen molar-refractivity contribution in [2.75, 3.05) is 11.9 Å². The fourth-order valence-corrected chi connectivity index (χ4v) is 4.20. The molecule has 4 rings (SSSR count). The summed E-state index contributed by atoms with van der Waals surface area (Å²) in [6.45, 7) is 9.18. The van der Waals surface area contributed by atoms with Crippen molar-refractivity contribution in [3.8, 4) is 17.0 Å². The summed E-state index contributed by atoms with van der Waals surface area (Å²) >= 11 is 0. The van der Waals surface area contributed by atoms with E-state index in [-0.39, 0.29) is 12.3 Å². The number of anilines is 1. The Labute approximate surface area is 208 Å². The van der Waals surface area contributed by atoms with E-state index >= 15 is 0 Å². The summed E-state index contributed by atoms with van der Waals surface area (Å²) < 4.78 is 7.83. The Bertz CT molecular complexity index is 1310.